The molecule has 1 fully saturated rings. The van der Waals surface area contributed by atoms with Gasteiger partial charge < -0.3 is 9.47 Å². The fourth-order valence-electron chi connectivity index (χ4n) is 3.73. The third-order valence-corrected chi connectivity index (χ3v) is 5.00. The number of amides is 1. The number of hydrogen-bond donors (Lipinski definition) is 1. The van der Waals surface area contributed by atoms with E-state index in [1.807, 2.05) is 35.2 Å². The van der Waals surface area contributed by atoms with Crippen molar-refractivity contribution in [2.24, 2.45) is 0 Å². The summed E-state index contributed by atoms with van der Waals surface area (Å²) in [5, 5.41) is 12.1. The summed E-state index contributed by atoms with van der Waals surface area (Å²) in [7, 11) is 0. The zero-order valence-electron chi connectivity index (χ0n) is 14.0. The minimum absolute atomic E-state index is 0.0222. The molecular weight excluding hydrogens is 302 g/mol. The molecule has 2 aliphatic rings. The van der Waals surface area contributed by atoms with Crippen molar-refractivity contribution >= 4 is 11.6 Å². The van der Waals surface area contributed by atoms with Crippen molar-refractivity contribution in [3.63, 3.8) is 0 Å². The Morgan fingerprint density at radius 3 is 2.83 bits per heavy atom. The van der Waals surface area contributed by atoms with Crippen LogP contribution >= 0.6 is 0 Å². The second-order valence-corrected chi connectivity index (χ2v) is 6.64. The van der Waals surface area contributed by atoms with Gasteiger partial charge in [0.05, 0.1) is 12.1 Å². The minimum Gasteiger partial charge on any atom is -0.314 e. The Labute approximate surface area is 141 Å². The Kier molecular flexibility index (Phi) is 4.06. The number of carbonyl (C=O) groups is 1. The van der Waals surface area contributed by atoms with E-state index >= 15 is 0 Å². The van der Waals surface area contributed by atoms with Crippen molar-refractivity contribution < 1.29 is 4.79 Å². The van der Waals surface area contributed by atoms with E-state index in [0.29, 0.717) is 0 Å². The maximum absolute atomic E-state index is 12.7. The van der Waals surface area contributed by atoms with Gasteiger partial charge in [-0.2, -0.15) is 0 Å². The van der Waals surface area contributed by atoms with E-state index in [4.69, 9.17) is 0 Å². The van der Waals surface area contributed by atoms with Gasteiger partial charge in [-0.25, -0.2) is 0 Å². The monoisotopic (exact) mass is 325 g/mol. The average molecular weight is 325 g/mol. The Morgan fingerprint density at radius 2 is 2.00 bits per heavy atom. The van der Waals surface area contributed by atoms with Crippen LogP contribution in [0.1, 0.15) is 43.9 Å². The number of aromatic nitrogens is 3. The first-order valence-corrected chi connectivity index (χ1v) is 8.78. The molecule has 1 aromatic carbocycles. The molecule has 4 rings (SSSR count). The first kappa shape index (κ1) is 15.3. The molecule has 2 atom stereocenters. The van der Waals surface area contributed by atoms with Gasteiger partial charge in [0.2, 0.25) is 5.91 Å². The highest BCUT2D eigenvalue weighted by Gasteiger charge is 2.34. The number of aryl methyl sites for hydroxylation is 1. The number of nitrogens with one attached hydrogen (secondary N) is 1. The van der Waals surface area contributed by atoms with Gasteiger partial charge in [0, 0.05) is 25.2 Å². The van der Waals surface area contributed by atoms with Gasteiger partial charge >= 0.3 is 0 Å². The van der Waals surface area contributed by atoms with Gasteiger partial charge in [0.25, 0.3) is 0 Å². The summed E-state index contributed by atoms with van der Waals surface area (Å²) in [5.41, 5.74) is 0.972. The van der Waals surface area contributed by atoms with E-state index in [0.717, 1.165) is 43.3 Å². The van der Waals surface area contributed by atoms with E-state index in [1.165, 1.54) is 12.8 Å². The molecule has 1 saturated heterocycles. The van der Waals surface area contributed by atoms with Crippen LogP contribution in [0.15, 0.2) is 30.3 Å². The standard InChI is InChI=1S/C18H23N5O/c1-13(17-21-20-16-9-5-6-11-23(16)17)19-15-10-12-22(18(15)24)14-7-3-2-4-8-14/h2-4,7-8,13,15,19H,5-6,9-12H2,1H3. The minimum atomic E-state index is -0.156. The highest BCUT2D eigenvalue weighted by molar-refractivity contribution is 5.99. The van der Waals surface area contributed by atoms with Crippen LogP contribution in [-0.2, 0) is 17.8 Å². The molecule has 3 heterocycles. The van der Waals surface area contributed by atoms with Crippen LogP contribution in [0.2, 0.25) is 0 Å². The van der Waals surface area contributed by atoms with Crippen molar-refractivity contribution in [3.8, 4) is 0 Å². The smallest absolute Gasteiger partial charge is 0.244 e. The number of nitrogens with zero attached hydrogens (tertiary/aromatic N) is 4. The molecule has 2 unspecified atom stereocenters. The van der Waals surface area contributed by atoms with Gasteiger partial charge in [-0.05, 0) is 38.3 Å². The summed E-state index contributed by atoms with van der Waals surface area (Å²) in [4.78, 5) is 14.6. The molecule has 1 amide bonds. The van der Waals surface area contributed by atoms with Crippen LogP contribution in [0.4, 0.5) is 5.69 Å². The van der Waals surface area contributed by atoms with E-state index in [1.54, 1.807) is 0 Å². The molecule has 2 aromatic rings. The second kappa shape index (κ2) is 6.36. The lowest BCUT2D eigenvalue weighted by Crippen LogP contribution is -2.40. The first-order valence-electron chi connectivity index (χ1n) is 8.78. The maximum Gasteiger partial charge on any atom is 0.244 e. The van der Waals surface area contributed by atoms with Crippen LogP contribution in [0.3, 0.4) is 0 Å². The Hall–Kier alpha value is -2.21. The van der Waals surface area contributed by atoms with Gasteiger partial charge in [-0.3, -0.25) is 10.1 Å². The molecule has 6 heteroatoms. The van der Waals surface area contributed by atoms with Crippen molar-refractivity contribution in [1.82, 2.24) is 20.1 Å². The first-order chi connectivity index (χ1) is 11.7. The van der Waals surface area contributed by atoms with Crippen LogP contribution in [0.25, 0.3) is 0 Å². The number of benzene rings is 1. The predicted octanol–water partition coefficient (Wildman–Crippen LogP) is 2.07. The maximum atomic E-state index is 12.7. The summed E-state index contributed by atoms with van der Waals surface area (Å²) in [6, 6.07) is 9.74. The van der Waals surface area contributed by atoms with Crippen molar-refractivity contribution in [2.75, 3.05) is 11.4 Å². The zero-order chi connectivity index (χ0) is 16.5. The highest BCUT2D eigenvalue weighted by atomic mass is 16.2. The molecule has 6 nitrogen and oxygen atoms in total. The summed E-state index contributed by atoms with van der Waals surface area (Å²) in [5.74, 6) is 2.18. The molecule has 2 aliphatic heterocycles. The fourth-order valence-corrected chi connectivity index (χ4v) is 3.73. The number of fused-ring (bicyclic) bond motifs is 1. The van der Waals surface area contributed by atoms with Gasteiger partial charge in [-0.1, -0.05) is 18.2 Å². The average Bonchev–Trinajstić information content (AvgIpc) is 3.20. The molecular formula is C18H23N5O. The normalized spacial score (nSPS) is 21.8. The lowest BCUT2D eigenvalue weighted by atomic mass is 10.1. The second-order valence-electron chi connectivity index (χ2n) is 6.64. The van der Waals surface area contributed by atoms with Crippen LogP contribution < -0.4 is 10.2 Å². The lowest BCUT2D eigenvalue weighted by Gasteiger charge is -2.22. The van der Waals surface area contributed by atoms with Crippen molar-refractivity contribution in [1.29, 1.82) is 0 Å². The summed E-state index contributed by atoms with van der Waals surface area (Å²) in [6.07, 6.45) is 4.19. The number of rotatable bonds is 4. The highest BCUT2D eigenvalue weighted by Crippen LogP contribution is 2.24. The van der Waals surface area contributed by atoms with E-state index in [2.05, 4.69) is 27.0 Å². The molecule has 24 heavy (non-hydrogen) atoms. The molecule has 0 bridgehead atoms. The largest absolute Gasteiger partial charge is 0.314 e. The third-order valence-electron chi connectivity index (χ3n) is 5.00. The SMILES string of the molecule is CC(NC1CCN(c2ccccc2)C1=O)c1nnc2n1CCCC2. The summed E-state index contributed by atoms with van der Waals surface area (Å²) in [6.45, 7) is 3.81. The van der Waals surface area contributed by atoms with Crippen molar-refractivity contribution in [3.05, 3.63) is 42.0 Å². The molecule has 0 aliphatic carbocycles. The Balaban J connectivity index is 1.46. The topological polar surface area (TPSA) is 63.1 Å². The zero-order valence-corrected chi connectivity index (χ0v) is 14.0. The number of carbonyl (C=O) groups excluding carboxylic acids is 1. The van der Waals surface area contributed by atoms with E-state index in [-0.39, 0.29) is 18.0 Å². The Bertz CT molecular complexity index is 726. The van der Waals surface area contributed by atoms with Crippen LogP contribution in [0, 0.1) is 0 Å². The molecule has 0 saturated carbocycles. The van der Waals surface area contributed by atoms with Gasteiger partial charge in [-0.15, -0.1) is 10.2 Å². The van der Waals surface area contributed by atoms with E-state index in [9.17, 15) is 4.79 Å². The molecule has 1 N–H and O–H groups in total. The number of para-hydroxylation sites is 1. The van der Waals surface area contributed by atoms with Crippen LogP contribution in [-0.4, -0.2) is 33.3 Å². The fraction of sp³-hybridized carbons (Fsp3) is 0.500. The Morgan fingerprint density at radius 1 is 1.17 bits per heavy atom. The van der Waals surface area contributed by atoms with E-state index < -0.39 is 0 Å². The number of anilines is 1. The summed E-state index contributed by atoms with van der Waals surface area (Å²) < 4.78 is 2.22. The molecule has 126 valence electrons. The molecule has 0 radical (unpaired) electrons. The van der Waals surface area contributed by atoms with Gasteiger partial charge in [0.1, 0.15) is 11.6 Å². The van der Waals surface area contributed by atoms with Gasteiger partial charge in [0.15, 0.2) is 0 Å². The van der Waals surface area contributed by atoms with Crippen LogP contribution in [0.5, 0.6) is 0 Å². The third kappa shape index (κ3) is 2.71. The quantitative estimate of drug-likeness (QED) is 0.935. The molecule has 1 aromatic heterocycles. The summed E-state index contributed by atoms with van der Waals surface area (Å²) >= 11 is 0. The lowest BCUT2D eigenvalue weighted by molar-refractivity contribution is -0.119. The number of hydrogen-bond acceptors (Lipinski definition) is 4. The molecule has 0 spiro atoms. The predicted molar refractivity (Wildman–Crippen MR) is 91.7 cm³/mol. The van der Waals surface area contributed by atoms with Crippen molar-refractivity contribution in [2.45, 2.75) is 51.2 Å².